The second-order valence-corrected chi connectivity index (χ2v) is 6.46. The van der Waals surface area contributed by atoms with Crippen LogP contribution >= 0.6 is 0 Å². The van der Waals surface area contributed by atoms with E-state index in [4.69, 9.17) is 15.2 Å². The van der Waals surface area contributed by atoms with Crippen molar-refractivity contribution in [3.05, 3.63) is 47.8 Å². The van der Waals surface area contributed by atoms with Gasteiger partial charge in [-0.2, -0.15) is 0 Å². The molecule has 0 bridgehead atoms. The first-order valence-electron chi connectivity index (χ1n) is 8.82. The minimum absolute atomic E-state index is 0.209. The number of methoxy groups -OCH3 is 1. The van der Waals surface area contributed by atoms with Crippen molar-refractivity contribution in [1.82, 2.24) is 5.32 Å². The lowest BCUT2D eigenvalue weighted by Gasteiger charge is -2.16. The number of nitrogens with zero attached hydrogens (tertiary/aromatic N) is 1. The summed E-state index contributed by atoms with van der Waals surface area (Å²) in [6.07, 6.45) is -1.06. The van der Waals surface area contributed by atoms with Crippen molar-refractivity contribution < 1.29 is 23.5 Å². The number of nitrogens with two attached hydrogens (primary N) is 1. The number of ether oxygens (including phenoxy) is 2. The molecule has 3 N–H and O–H groups in total. The molecular formula is C20H22FN3O4. The number of anilines is 1. The molecule has 1 atom stereocenters. The molecular weight excluding hydrogens is 365 g/mol. The normalized spacial score (nSPS) is 16.1. The molecule has 148 valence electrons. The highest BCUT2D eigenvalue weighted by Crippen LogP contribution is 2.35. The Kier molecular flexibility index (Phi) is 5.79. The van der Waals surface area contributed by atoms with Crippen LogP contribution in [-0.2, 0) is 16.1 Å². The molecule has 28 heavy (non-hydrogen) atoms. The van der Waals surface area contributed by atoms with E-state index in [1.54, 1.807) is 24.3 Å². The number of carbonyl (C=O) groups is 2. The lowest BCUT2D eigenvalue weighted by atomic mass is 10.0. The zero-order valence-electron chi connectivity index (χ0n) is 15.7. The summed E-state index contributed by atoms with van der Waals surface area (Å²) in [6, 6.07) is 9.87. The van der Waals surface area contributed by atoms with Gasteiger partial charge in [-0.05, 0) is 29.8 Å². The average molecular weight is 387 g/mol. The number of hydrogen-bond donors (Lipinski definition) is 2. The molecule has 1 aliphatic heterocycles. The van der Waals surface area contributed by atoms with Crippen molar-refractivity contribution in [3.63, 3.8) is 0 Å². The van der Waals surface area contributed by atoms with E-state index in [2.05, 4.69) is 5.32 Å². The number of rotatable bonds is 6. The van der Waals surface area contributed by atoms with Gasteiger partial charge in [0.15, 0.2) is 0 Å². The zero-order valence-corrected chi connectivity index (χ0v) is 15.7. The predicted octanol–water partition coefficient (Wildman–Crippen LogP) is 2.42. The summed E-state index contributed by atoms with van der Waals surface area (Å²) in [6.45, 7) is 2.18. The molecule has 0 aromatic heterocycles. The Balaban J connectivity index is 1.83. The summed E-state index contributed by atoms with van der Waals surface area (Å²) < 4.78 is 25.4. The number of nitrogens with one attached hydrogen (secondary N) is 1. The Bertz CT molecular complexity index is 903. The summed E-state index contributed by atoms with van der Waals surface area (Å²) >= 11 is 0. The van der Waals surface area contributed by atoms with E-state index in [1.165, 1.54) is 25.0 Å². The quantitative estimate of drug-likeness (QED) is 0.794. The number of benzene rings is 2. The third-order valence-corrected chi connectivity index (χ3v) is 4.51. The summed E-state index contributed by atoms with van der Waals surface area (Å²) in [5, 5.41) is 2.60. The van der Waals surface area contributed by atoms with Crippen molar-refractivity contribution in [2.45, 2.75) is 19.6 Å². The van der Waals surface area contributed by atoms with Crippen LogP contribution in [0.4, 0.5) is 14.9 Å². The molecule has 0 radical (unpaired) electrons. The van der Waals surface area contributed by atoms with Crippen molar-refractivity contribution in [2.24, 2.45) is 5.73 Å². The molecule has 1 fully saturated rings. The third kappa shape index (κ3) is 4.07. The minimum Gasteiger partial charge on any atom is -0.496 e. The molecule has 2 amide bonds. The van der Waals surface area contributed by atoms with Gasteiger partial charge in [-0.15, -0.1) is 0 Å². The molecule has 3 rings (SSSR count). The van der Waals surface area contributed by atoms with E-state index >= 15 is 0 Å². The van der Waals surface area contributed by atoms with E-state index < -0.39 is 18.0 Å². The Hall–Kier alpha value is -3.13. The first kappa shape index (κ1) is 19.6. The lowest BCUT2D eigenvalue weighted by molar-refractivity contribution is -0.119. The van der Waals surface area contributed by atoms with Gasteiger partial charge in [0.05, 0.1) is 25.9 Å². The smallest absolute Gasteiger partial charge is 0.414 e. The topological polar surface area (TPSA) is 93.9 Å². The van der Waals surface area contributed by atoms with Gasteiger partial charge in [0.1, 0.15) is 17.7 Å². The average Bonchev–Trinajstić information content (AvgIpc) is 3.06. The third-order valence-electron chi connectivity index (χ3n) is 4.51. The molecule has 8 heteroatoms. The fraction of sp³-hybridized carbons (Fsp3) is 0.300. The molecule has 1 aliphatic rings. The van der Waals surface area contributed by atoms with Gasteiger partial charge in [0.2, 0.25) is 5.91 Å². The molecule has 2 aromatic carbocycles. The Morgan fingerprint density at radius 3 is 2.71 bits per heavy atom. The summed E-state index contributed by atoms with van der Waals surface area (Å²) in [5.74, 6) is -0.181. The van der Waals surface area contributed by atoms with E-state index in [1.807, 2.05) is 6.07 Å². The molecule has 1 heterocycles. The van der Waals surface area contributed by atoms with E-state index in [0.29, 0.717) is 29.1 Å². The summed E-state index contributed by atoms with van der Waals surface area (Å²) in [4.78, 5) is 24.5. The SMILES string of the molecule is COc1cc(CN)ccc1-c1ccc(N2C[C@H](CNC(C)=O)OC2=O)cc1F. The van der Waals surface area contributed by atoms with Gasteiger partial charge < -0.3 is 20.5 Å². The van der Waals surface area contributed by atoms with Crippen LogP contribution in [0.15, 0.2) is 36.4 Å². The van der Waals surface area contributed by atoms with Gasteiger partial charge in [-0.1, -0.05) is 12.1 Å². The number of cyclic esters (lactones) is 1. The van der Waals surface area contributed by atoms with Crippen molar-refractivity contribution >= 4 is 17.7 Å². The highest BCUT2D eigenvalue weighted by molar-refractivity contribution is 5.90. The number of amides is 2. The predicted molar refractivity (Wildman–Crippen MR) is 103 cm³/mol. The molecule has 0 aliphatic carbocycles. The number of hydrogen-bond acceptors (Lipinski definition) is 5. The molecule has 0 spiro atoms. The van der Waals surface area contributed by atoms with Crippen LogP contribution in [0.2, 0.25) is 0 Å². The second kappa shape index (κ2) is 8.26. The van der Waals surface area contributed by atoms with Crippen LogP contribution in [0.3, 0.4) is 0 Å². The number of carbonyl (C=O) groups excluding carboxylic acids is 2. The number of halogens is 1. The molecule has 0 saturated carbocycles. The van der Waals surface area contributed by atoms with E-state index in [9.17, 15) is 14.0 Å². The molecule has 0 unspecified atom stereocenters. The van der Waals surface area contributed by atoms with Crippen molar-refractivity contribution in [1.29, 1.82) is 0 Å². The fourth-order valence-corrected chi connectivity index (χ4v) is 3.07. The van der Waals surface area contributed by atoms with Gasteiger partial charge in [-0.3, -0.25) is 9.69 Å². The maximum Gasteiger partial charge on any atom is 0.414 e. The standard InChI is InChI=1S/C20H22FN3O4/c1-12(25)23-10-15-11-24(20(26)28-15)14-4-6-16(18(21)8-14)17-5-3-13(9-22)7-19(17)27-2/h3-8,15H,9-11,22H2,1-2H3,(H,23,25)/t15-/m0/s1. The maximum atomic E-state index is 14.9. The monoisotopic (exact) mass is 387 g/mol. The molecule has 7 nitrogen and oxygen atoms in total. The van der Waals surface area contributed by atoms with E-state index in [0.717, 1.165) is 5.56 Å². The molecule has 1 saturated heterocycles. The Morgan fingerprint density at radius 2 is 2.07 bits per heavy atom. The van der Waals surface area contributed by atoms with Gasteiger partial charge >= 0.3 is 6.09 Å². The van der Waals surface area contributed by atoms with Crippen LogP contribution in [0, 0.1) is 5.82 Å². The minimum atomic E-state index is -0.576. The van der Waals surface area contributed by atoms with Crippen LogP contribution in [0.1, 0.15) is 12.5 Å². The maximum absolute atomic E-state index is 14.9. The fourth-order valence-electron chi connectivity index (χ4n) is 3.07. The zero-order chi connectivity index (χ0) is 20.3. The lowest BCUT2D eigenvalue weighted by Crippen LogP contribution is -2.33. The van der Waals surface area contributed by atoms with Crippen LogP contribution in [-0.4, -0.2) is 38.3 Å². The highest BCUT2D eigenvalue weighted by atomic mass is 19.1. The summed E-state index contributed by atoms with van der Waals surface area (Å²) in [7, 11) is 1.51. The summed E-state index contributed by atoms with van der Waals surface area (Å²) in [5.41, 5.74) is 7.85. The van der Waals surface area contributed by atoms with Gasteiger partial charge in [0.25, 0.3) is 0 Å². The second-order valence-electron chi connectivity index (χ2n) is 6.46. The largest absolute Gasteiger partial charge is 0.496 e. The Labute approximate surface area is 162 Å². The van der Waals surface area contributed by atoms with Gasteiger partial charge in [-0.25, -0.2) is 9.18 Å². The molecule has 2 aromatic rings. The van der Waals surface area contributed by atoms with E-state index in [-0.39, 0.29) is 19.0 Å². The Morgan fingerprint density at radius 1 is 1.32 bits per heavy atom. The first-order valence-corrected chi connectivity index (χ1v) is 8.82. The van der Waals surface area contributed by atoms with Crippen LogP contribution < -0.4 is 20.7 Å². The highest BCUT2D eigenvalue weighted by Gasteiger charge is 2.32. The first-order chi connectivity index (χ1) is 13.4. The van der Waals surface area contributed by atoms with Crippen molar-refractivity contribution in [3.8, 4) is 16.9 Å². The van der Waals surface area contributed by atoms with Crippen LogP contribution in [0.5, 0.6) is 5.75 Å². The van der Waals surface area contributed by atoms with Gasteiger partial charge in [0, 0.05) is 24.6 Å². The van der Waals surface area contributed by atoms with Crippen molar-refractivity contribution in [2.75, 3.05) is 25.1 Å². The van der Waals surface area contributed by atoms with Crippen LogP contribution in [0.25, 0.3) is 11.1 Å².